The van der Waals surface area contributed by atoms with Crippen molar-refractivity contribution in [3.05, 3.63) is 51.5 Å². The van der Waals surface area contributed by atoms with Crippen LogP contribution in [-0.4, -0.2) is 23.1 Å². The normalized spacial score (nSPS) is 21.2. The molecular weight excluding hydrogens is 436 g/mol. The second-order valence-corrected chi connectivity index (χ2v) is 9.13. The lowest BCUT2D eigenvalue weighted by Gasteiger charge is -2.27. The number of fused-ring (bicyclic) bond motifs is 2. The first-order valence-corrected chi connectivity index (χ1v) is 10.3. The zero-order valence-electron chi connectivity index (χ0n) is 14.0. The zero-order valence-corrected chi connectivity index (χ0v) is 17.1. The molecule has 4 rings (SSSR count). The third kappa shape index (κ3) is 3.26. The number of carbonyl (C=O) groups excluding carboxylic acids is 2. The Kier molecular flexibility index (Phi) is 4.75. The van der Waals surface area contributed by atoms with Crippen LogP contribution in [-0.2, 0) is 16.0 Å². The van der Waals surface area contributed by atoms with Crippen LogP contribution in [0.5, 0.6) is 0 Å². The van der Waals surface area contributed by atoms with Crippen LogP contribution in [0.3, 0.4) is 0 Å². The minimum absolute atomic E-state index is 0.0244. The van der Waals surface area contributed by atoms with E-state index in [-0.39, 0.29) is 24.3 Å². The summed E-state index contributed by atoms with van der Waals surface area (Å²) in [6.45, 7) is 2.04. The maximum Gasteiger partial charge on any atom is 0.238 e. The van der Waals surface area contributed by atoms with Crippen molar-refractivity contribution in [3.63, 3.8) is 0 Å². The fourth-order valence-corrected chi connectivity index (χ4v) is 5.16. The molecule has 2 aromatic rings. The second-order valence-electron chi connectivity index (χ2n) is 6.53. The summed E-state index contributed by atoms with van der Waals surface area (Å²) in [6, 6.07) is 11.5. The lowest BCUT2D eigenvalue weighted by molar-refractivity contribution is -0.122. The molecule has 0 aliphatic carbocycles. The Hall–Kier alpha value is -1.50. The van der Waals surface area contributed by atoms with Gasteiger partial charge in [0.2, 0.25) is 11.8 Å². The number of anilines is 2. The van der Waals surface area contributed by atoms with Crippen molar-refractivity contribution in [2.45, 2.75) is 36.0 Å². The summed E-state index contributed by atoms with van der Waals surface area (Å²) < 4.78 is 1.01. The van der Waals surface area contributed by atoms with Gasteiger partial charge in [-0.2, -0.15) is 0 Å². The molecule has 2 aliphatic rings. The van der Waals surface area contributed by atoms with Gasteiger partial charge >= 0.3 is 0 Å². The van der Waals surface area contributed by atoms with Crippen LogP contribution in [0, 0.1) is 0 Å². The summed E-state index contributed by atoms with van der Waals surface area (Å²) in [5, 5.41) is 3.00. The van der Waals surface area contributed by atoms with Crippen molar-refractivity contribution in [2.75, 3.05) is 10.2 Å². The van der Waals surface area contributed by atoms with Crippen molar-refractivity contribution in [1.29, 1.82) is 0 Å². The van der Waals surface area contributed by atoms with Crippen LogP contribution in [0.4, 0.5) is 11.4 Å². The van der Waals surface area contributed by atoms with Gasteiger partial charge < -0.3 is 10.2 Å². The highest BCUT2D eigenvalue weighted by atomic mass is 79.9. The highest BCUT2D eigenvalue weighted by Gasteiger charge is 2.35. The molecule has 0 radical (unpaired) electrons. The summed E-state index contributed by atoms with van der Waals surface area (Å²) in [7, 11) is 0. The number of nitrogens with zero attached hydrogens (tertiary/aromatic N) is 1. The fourth-order valence-electron chi connectivity index (χ4n) is 3.49. The first kappa shape index (κ1) is 17.9. The number of benzene rings is 2. The molecule has 2 unspecified atom stereocenters. The first-order chi connectivity index (χ1) is 12.4. The minimum Gasteiger partial charge on any atom is -0.324 e. The third-order valence-corrected chi connectivity index (χ3v) is 6.65. The van der Waals surface area contributed by atoms with Gasteiger partial charge in [-0.1, -0.05) is 27.5 Å². The van der Waals surface area contributed by atoms with Crippen LogP contribution in [0.1, 0.15) is 18.9 Å². The monoisotopic (exact) mass is 450 g/mol. The molecule has 2 heterocycles. The van der Waals surface area contributed by atoms with Gasteiger partial charge in [-0.3, -0.25) is 9.59 Å². The number of rotatable bonds is 2. The summed E-state index contributed by atoms with van der Waals surface area (Å²) in [4.78, 5) is 28.2. The standard InChI is InChI=1S/C19H16BrClN2O2S/c1-10-6-11-7-12(20)2-4-15(11)23(10)18(24)9-17-19(25)22-14-8-13(21)3-5-16(14)26-17/h2-5,7-8,10,17H,6,9H2,1H3,(H,22,25). The van der Waals surface area contributed by atoms with E-state index in [0.717, 1.165) is 27.0 Å². The van der Waals surface area contributed by atoms with E-state index in [1.165, 1.54) is 11.8 Å². The molecule has 4 nitrogen and oxygen atoms in total. The Morgan fingerprint density at radius 1 is 1.35 bits per heavy atom. The number of nitrogens with one attached hydrogen (secondary N) is 1. The number of hydrogen-bond donors (Lipinski definition) is 1. The molecule has 0 aromatic heterocycles. The van der Waals surface area contributed by atoms with E-state index in [1.54, 1.807) is 12.1 Å². The first-order valence-electron chi connectivity index (χ1n) is 8.30. The SMILES string of the molecule is CC1Cc2cc(Br)ccc2N1C(=O)CC1Sc2ccc(Cl)cc2NC1=O. The smallest absolute Gasteiger partial charge is 0.238 e. The summed E-state index contributed by atoms with van der Waals surface area (Å²) >= 11 is 10.9. The molecule has 26 heavy (non-hydrogen) atoms. The van der Waals surface area contributed by atoms with E-state index in [1.807, 2.05) is 30.0 Å². The molecule has 0 saturated heterocycles. The van der Waals surface area contributed by atoms with Crippen LogP contribution in [0.15, 0.2) is 45.8 Å². The Balaban J connectivity index is 1.54. The van der Waals surface area contributed by atoms with Gasteiger partial charge in [0.25, 0.3) is 0 Å². The number of amides is 2. The Labute approximate surface area is 169 Å². The van der Waals surface area contributed by atoms with Crippen LogP contribution in [0.25, 0.3) is 0 Å². The lowest BCUT2D eigenvalue weighted by Crippen LogP contribution is -2.40. The second kappa shape index (κ2) is 6.91. The topological polar surface area (TPSA) is 49.4 Å². The number of carbonyl (C=O) groups is 2. The maximum atomic E-state index is 13.0. The van der Waals surface area contributed by atoms with Crippen LogP contribution >= 0.6 is 39.3 Å². The predicted molar refractivity (Wildman–Crippen MR) is 109 cm³/mol. The molecule has 2 aliphatic heterocycles. The minimum atomic E-state index is -0.442. The van der Waals surface area contributed by atoms with Gasteiger partial charge in [-0.15, -0.1) is 11.8 Å². The molecule has 0 spiro atoms. The average molecular weight is 452 g/mol. The van der Waals surface area contributed by atoms with Gasteiger partial charge in [-0.25, -0.2) is 0 Å². The van der Waals surface area contributed by atoms with Crippen LogP contribution < -0.4 is 10.2 Å². The van der Waals surface area contributed by atoms with E-state index in [4.69, 9.17) is 11.6 Å². The number of hydrogen-bond acceptors (Lipinski definition) is 3. The van der Waals surface area contributed by atoms with Crippen molar-refractivity contribution >= 4 is 62.5 Å². The average Bonchev–Trinajstić information content (AvgIpc) is 2.90. The molecule has 2 aromatic carbocycles. The summed E-state index contributed by atoms with van der Waals surface area (Å²) in [5.74, 6) is -0.176. The Morgan fingerprint density at radius 3 is 2.96 bits per heavy atom. The molecule has 7 heteroatoms. The van der Waals surface area contributed by atoms with E-state index < -0.39 is 5.25 Å². The Bertz CT molecular complexity index is 920. The molecule has 0 saturated carbocycles. The summed E-state index contributed by atoms with van der Waals surface area (Å²) in [5.41, 5.74) is 2.81. The molecule has 2 amide bonds. The van der Waals surface area contributed by atoms with Gasteiger partial charge in [0, 0.05) is 32.5 Å². The highest BCUT2D eigenvalue weighted by Crippen LogP contribution is 2.40. The van der Waals surface area contributed by atoms with E-state index in [2.05, 4.69) is 27.3 Å². The number of halogens is 2. The quantitative estimate of drug-likeness (QED) is 0.708. The van der Waals surface area contributed by atoms with Crippen molar-refractivity contribution < 1.29 is 9.59 Å². The number of thioether (sulfide) groups is 1. The summed E-state index contributed by atoms with van der Waals surface area (Å²) in [6.07, 6.45) is 0.990. The highest BCUT2D eigenvalue weighted by molar-refractivity contribution is 9.10. The largest absolute Gasteiger partial charge is 0.324 e. The van der Waals surface area contributed by atoms with Crippen molar-refractivity contribution in [2.24, 2.45) is 0 Å². The molecule has 0 bridgehead atoms. The van der Waals surface area contributed by atoms with Gasteiger partial charge in [0.05, 0.1) is 10.9 Å². The van der Waals surface area contributed by atoms with Gasteiger partial charge in [0.15, 0.2) is 0 Å². The molecule has 134 valence electrons. The van der Waals surface area contributed by atoms with Gasteiger partial charge in [0.1, 0.15) is 0 Å². The predicted octanol–water partition coefficient (Wildman–Crippen LogP) is 4.88. The lowest BCUT2D eigenvalue weighted by atomic mass is 10.1. The maximum absolute atomic E-state index is 13.0. The Morgan fingerprint density at radius 2 is 2.15 bits per heavy atom. The van der Waals surface area contributed by atoms with Crippen molar-refractivity contribution in [3.8, 4) is 0 Å². The van der Waals surface area contributed by atoms with E-state index >= 15 is 0 Å². The van der Waals surface area contributed by atoms with Crippen LogP contribution in [0.2, 0.25) is 5.02 Å². The van der Waals surface area contributed by atoms with Crippen molar-refractivity contribution in [1.82, 2.24) is 0 Å². The molecule has 2 atom stereocenters. The van der Waals surface area contributed by atoms with E-state index in [0.29, 0.717) is 10.7 Å². The molecular formula is C19H16BrClN2O2S. The molecule has 1 N–H and O–H groups in total. The third-order valence-electron chi connectivity index (χ3n) is 4.65. The molecule has 0 fully saturated rings. The van der Waals surface area contributed by atoms with Gasteiger partial charge in [-0.05, 0) is 55.3 Å². The zero-order chi connectivity index (χ0) is 18.4. The fraction of sp³-hybridized carbons (Fsp3) is 0.263. The van der Waals surface area contributed by atoms with E-state index in [9.17, 15) is 9.59 Å².